The van der Waals surface area contributed by atoms with Crippen molar-refractivity contribution in [2.24, 2.45) is 4.99 Å². The largest absolute Gasteiger partial charge is 0.446 e. The van der Waals surface area contributed by atoms with Crippen LogP contribution < -0.4 is 5.32 Å². The van der Waals surface area contributed by atoms with Gasteiger partial charge in [0.15, 0.2) is 5.70 Å². The quantitative estimate of drug-likeness (QED) is 0.580. The molecule has 166 valence electrons. The summed E-state index contributed by atoms with van der Waals surface area (Å²) in [6.45, 7) is 1.45. The summed E-state index contributed by atoms with van der Waals surface area (Å²) in [5.41, 5.74) is 1.11. The Balaban J connectivity index is 1.20. The molecule has 1 amide bonds. The number of hydrogen-bond donors (Lipinski definition) is 1. The summed E-state index contributed by atoms with van der Waals surface area (Å²) in [4.78, 5) is 31.1. The molecule has 2 heterocycles. The SMILES string of the molecule is O=C(NC1CCN(/C=C2/N=C(c3cccc4ccccc34)OC2=O)CC1)OC1CCCC1. The predicted molar refractivity (Wildman–Crippen MR) is 121 cm³/mol. The van der Waals surface area contributed by atoms with Gasteiger partial charge in [0.25, 0.3) is 0 Å². The first-order valence-electron chi connectivity index (χ1n) is 11.4. The Kier molecular flexibility index (Phi) is 5.79. The maximum Gasteiger partial charge on any atom is 0.407 e. The number of alkyl carbamates (subject to hydrolysis) is 1. The number of aliphatic imine (C=N–C) groups is 1. The summed E-state index contributed by atoms with van der Waals surface area (Å²) in [7, 11) is 0. The maximum absolute atomic E-state index is 12.4. The van der Waals surface area contributed by atoms with Crippen LogP contribution >= 0.6 is 0 Å². The van der Waals surface area contributed by atoms with Crippen LogP contribution in [-0.2, 0) is 14.3 Å². The van der Waals surface area contributed by atoms with Gasteiger partial charge in [0.2, 0.25) is 5.90 Å². The molecular weight excluding hydrogens is 406 g/mol. The van der Waals surface area contributed by atoms with Gasteiger partial charge in [-0.05, 0) is 55.4 Å². The second-order valence-electron chi connectivity index (χ2n) is 8.61. The number of cyclic esters (lactones) is 1. The van der Waals surface area contributed by atoms with Crippen LogP contribution in [0.15, 0.2) is 59.4 Å². The normalized spacial score (nSPS) is 21.1. The molecule has 0 unspecified atom stereocenters. The molecule has 2 aromatic carbocycles. The van der Waals surface area contributed by atoms with Gasteiger partial charge in [0, 0.05) is 30.9 Å². The van der Waals surface area contributed by atoms with Gasteiger partial charge in [0.05, 0.1) is 0 Å². The zero-order chi connectivity index (χ0) is 21.9. The number of fused-ring (bicyclic) bond motifs is 1. The van der Waals surface area contributed by atoms with Gasteiger partial charge >= 0.3 is 12.1 Å². The van der Waals surface area contributed by atoms with Crippen LogP contribution in [-0.4, -0.2) is 48.1 Å². The van der Waals surface area contributed by atoms with E-state index in [4.69, 9.17) is 9.47 Å². The fraction of sp³-hybridized carbons (Fsp3) is 0.400. The van der Waals surface area contributed by atoms with Crippen molar-refractivity contribution in [1.82, 2.24) is 10.2 Å². The second-order valence-corrected chi connectivity index (χ2v) is 8.61. The summed E-state index contributed by atoms with van der Waals surface area (Å²) >= 11 is 0. The fourth-order valence-electron chi connectivity index (χ4n) is 4.63. The molecule has 0 spiro atoms. The number of piperidine rings is 1. The first-order valence-corrected chi connectivity index (χ1v) is 11.4. The zero-order valence-corrected chi connectivity index (χ0v) is 18.0. The Labute approximate surface area is 187 Å². The molecule has 1 saturated carbocycles. The van der Waals surface area contributed by atoms with E-state index in [-0.39, 0.29) is 18.2 Å². The molecule has 7 nitrogen and oxygen atoms in total. The van der Waals surface area contributed by atoms with Gasteiger partial charge in [-0.1, -0.05) is 36.4 Å². The standard InChI is InChI=1S/C25H27N3O4/c29-24-22(27-23(32-24)21-11-5-7-17-6-1-4-10-20(17)21)16-28-14-12-18(13-15-28)26-25(30)31-19-8-2-3-9-19/h1,4-7,10-11,16,18-19H,2-3,8-9,12-15H2,(H,26,30)/b22-16+. The van der Waals surface area contributed by atoms with E-state index >= 15 is 0 Å². The third-order valence-electron chi connectivity index (χ3n) is 6.37. The molecule has 7 heteroatoms. The highest BCUT2D eigenvalue weighted by molar-refractivity contribution is 6.16. The van der Waals surface area contributed by atoms with Crippen molar-refractivity contribution in [1.29, 1.82) is 0 Å². The number of esters is 1. The van der Waals surface area contributed by atoms with Crippen LogP contribution in [0.1, 0.15) is 44.1 Å². The van der Waals surface area contributed by atoms with Gasteiger partial charge < -0.3 is 19.7 Å². The van der Waals surface area contributed by atoms with Crippen molar-refractivity contribution in [3.05, 3.63) is 59.9 Å². The molecule has 1 aliphatic carbocycles. The molecule has 2 aliphatic heterocycles. The average molecular weight is 434 g/mol. The number of likely N-dealkylation sites (tertiary alicyclic amines) is 1. The third-order valence-corrected chi connectivity index (χ3v) is 6.37. The lowest BCUT2D eigenvalue weighted by atomic mass is 10.0. The molecule has 1 N–H and O–H groups in total. The minimum atomic E-state index is -0.437. The minimum absolute atomic E-state index is 0.0713. The minimum Gasteiger partial charge on any atom is -0.446 e. The third kappa shape index (κ3) is 4.47. The Morgan fingerprint density at radius 1 is 1.06 bits per heavy atom. The number of ether oxygens (including phenoxy) is 2. The van der Waals surface area contributed by atoms with E-state index < -0.39 is 5.97 Å². The number of carbonyl (C=O) groups excluding carboxylic acids is 2. The average Bonchev–Trinajstić information content (AvgIpc) is 3.44. The molecule has 0 radical (unpaired) electrons. The van der Waals surface area contributed by atoms with E-state index in [0.29, 0.717) is 11.6 Å². The number of nitrogens with one attached hydrogen (secondary N) is 1. The van der Waals surface area contributed by atoms with Crippen molar-refractivity contribution in [2.75, 3.05) is 13.1 Å². The molecule has 0 bridgehead atoms. The summed E-state index contributed by atoms with van der Waals surface area (Å²) in [6, 6.07) is 13.9. The van der Waals surface area contributed by atoms with Crippen molar-refractivity contribution in [3.8, 4) is 0 Å². The first kappa shape index (κ1) is 20.5. The lowest BCUT2D eigenvalue weighted by molar-refractivity contribution is -0.130. The monoisotopic (exact) mass is 433 g/mol. The van der Waals surface area contributed by atoms with E-state index in [1.165, 1.54) is 0 Å². The van der Waals surface area contributed by atoms with Crippen molar-refractivity contribution < 1.29 is 19.1 Å². The number of carbonyl (C=O) groups is 2. The highest BCUT2D eigenvalue weighted by Crippen LogP contribution is 2.25. The van der Waals surface area contributed by atoms with Crippen LogP contribution in [0.2, 0.25) is 0 Å². The Bertz CT molecular complexity index is 1070. The Morgan fingerprint density at radius 2 is 1.81 bits per heavy atom. The summed E-state index contributed by atoms with van der Waals surface area (Å²) in [5.74, 6) is -0.0995. The number of rotatable bonds is 4. The highest BCUT2D eigenvalue weighted by atomic mass is 16.6. The van der Waals surface area contributed by atoms with Crippen molar-refractivity contribution in [3.63, 3.8) is 0 Å². The van der Waals surface area contributed by atoms with Crippen LogP contribution in [0.3, 0.4) is 0 Å². The van der Waals surface area contributed by atoms with E-state index in [2.05, 4.69) is 15.2 Å². The molecule has 1 saturated heterocycles. The number of nitrogens with zero attached hydrogens (tertiary/aromatic N) is 2. The van der Waals surface area contributed by atoms with Crippen LogP contribution in [0.5, 0.6) is 0 Å². The molecular formula is C25H27N3O4. The van der Waals surface area contributed by atoms with Crippen LogP contribution in [0.25, 0.3) is 10.8 Å². The molecule has 2 fully saturated rings. The molecule has 5 rings (SSSR count). The summed E-state index contributed by atoms with van der Waals surface area (Å²) in [6.07, 6.45) is 7.33. The van der Waals surface area contributed by atoms with Crippen LogP contribution in [0.4, 0.5) is 4.79 Å². The molecule has 0 aromatic heterocycles. The molecule has 32 heavy (non-hydrogen) atoms. The first-order chi connectivity index (χ1) is 15.7. The second kappa shape index (κ2) is 9.02. The number of benzene rings is 2. The van der Waals surface area contributed by atoms with E-state index in [1.54, 1.807) is 6.20 Å². The number of hydrogen-bond acceptors (Lipinski definition) is 6. The lowest BCUT2D eigenvalue weighted by Gasteiger charge is -2.31. The maximum atomic E-state index is 12.4. The van der Waals surface area contributed by atoms with Gasteiger partial charge in [-0.25, -0.2) is 14.6 Å². The predicted octanol–water partition coefficient (Wildman–Crippen LogP) is 4.12. The Morgan fingerprint density at radius 3 is 2.62 bits per heavy atom. The highest BCUT2D eigenvalue weighted by Gasteiger charge is 2.28. The van der Waals surface area contributed by atoms with E-state index in [0.717, 1.165) is 68.0 Å². The molecule has 3 aliphatic rings. The van der Waals surface area contributed by atoms with Gasteiger partial charge in [-0.15, -0.1) is 0 Å². The Hall–Kier alpha value is -3.35. The smallest absolute Gasteiger partial charge is 0.407 e. The van der Waals surface area contributed by atoms with E-state index in [1.807, 2.05) is 42.5 Å². The summed E-state index contributed by atoms with van der Waals surface area (Å²) < 4.78 is 11.0. The lowest BCUT2D eigenvalue weighted by Crippen LogP contribution is -2.44. The zero-order valence-electron chi connectivity index (χ0n) is 18.0. The van der Waals surface area contributed by atoms with Gasteiger partial charge in [0.1, 0.15) is 6.10 Å². The van der Waals surface area contributed by atoms with Gasteiger partial charge in [-0.3, -0.25) is 0 Å². The molecule has 2 aromatic rings. The number of amides is 1. The van der Waals surface area contributed by atoms with Crippen molar-refractivity contribution >= 4 is 28.7 Å². The van der Waals surface area contributed by atoms with E-state index in [9.17, 15) is 9.59 Å². The topological polar surface area (TPSA) is 80.2 Å². The van der Waals surface area contributed by atoms with Gasteiger partial charge in [-0.2, -0.15) is 0 Å². The molecule has 0 atom stereocenters. The van der Waals surface area contributed by atoms with Crippen LogP contribution in [0, 0.1) is 0 Å². The fourth-order valence-corrected chi connectivity index (χ4v) is 4.63. The summed E-state index contributed by atoms with van der Waals surface area (Å²) in [5, 5.41) is 5.06. The van der Waals surface area contributed by atoms with Crippen molar-refractivity contribution in [2.45, 2.75) is 50.7 Å².